The number of hydrogen-bond donors (Lipinski definition) is 1. The maximum atomic E-state index is 6.46. The molecule has 0 spiro atoms. The Hall–Kier alpha value is -1.20. The Morgan fingerprint density at radius 1 is 1.37 bits per heavy atom. The van der Waals surface area contributed by atoms with E-state index in [4.69, 9.17) is 10.3 Å². The minimum Gasteiger partial charge on any atom is -0.334 e. The van der Waals surface area contributed by atoms with Gasteiger partial charge in [0.25, 0.3) is 5.89 Å². The quantitative estimate of drug-likeness (QED) is 0.912. The van der Waals surface area contributed by atoms with Gasteiger partial charge < -0.3 is 10.3 Å². The first-order valence-electron chi connectivity index (χ1n) is 6.75. The van der Waals surface area contributed by atoms with Crippen LogP contribution in [0.15, 0.2) is 15.3 Å². The second-order valence-electron chi connectivity index (χ2n) is 5.73. The molecule has 0 aliphatic heterocycles. The smallest absolute Gasteiger partial charge is 0.259 e. The lowest BCUT2D eigenvalue weighted by Crippen LogP contribution is -2.41. The van der Waals surface area contributed by atoms with Crippen LogP contribution in [0, 0.1) is 12.8 Å². The molecule has 0 bridgehead atoms. The van der Waals surface area contributed by atoms with Gasteiger partial charge in [-0.25, -0.2) is 0 Å². The SMILES string of the molecule is Cc1cscc1-c1nc(C2(N)CCC(C)CC2)no1. The van der Waals surface area contributed by atoms with E-state index in [1.165, 1.54) is 5.56 Å². The molecular weight excluding hydrogens is 258 g/mol. The molecule has 0 atom stereocenters. The summed E-state index contributed by atoms with van der Waals surface area (Å²) in [5, 5.41) is 8.25. The Morgan fingerprint density at radius 3 is 2.74 bits per heavy atom. The van der Waals surface area contributed by atoms with Gasteiger partial charge >= 0.3 is 0 Å². The highest BCUT2D eigenvalue weighted by atomic mass is 32.1. The summed E-state index contributed by atoms with van der Waals surface area (Å²) in [4.78, 5) is 4.54. The fraction of sp³-hybridized carbons (Fsp3) is 0.571. The van der Waals surface area contributed by atoms with E-state index in [0.717, 1.165) is 37.2 Å². The van der Waals surface area contributed by atoms with Crippen LogP contribution in [0.2, 0.25) is 0 Å². The van der Waals surface area contributed by atoms with E-state index in [0.29, 0.717) is 11.7 Å². The maximum Gasteiger partial charge on any atom is 0.259 e. The summed E-state index contributed by atoms with van der Waals surface area (Å²) < 4.78 is 5.40. The zero-order chi connectivity index (χ0) is 13.5. The molecule has 1 fully saturated rings. The summed E-state index contributed by atoms with van der Waals surface area (Å²) in [6.07, 6.45) is 4.15. The van der Waals surface area contributed by atoms with E-state index >= 15 is 0 Å². The van der Waals surface area contributed by atoms with Gasteiger partial charge in [-0.15, -0.1) is 0 Å². The van der Waals surface area contributed by atoms with E-state index in [2.05, 4.69) is 29.4 Å². The van der Waals surface area contributed by atoms with Crippen molar-refractivity contribution in [1.29, 1.82) is 0 Å². The van der Waals surface area contributed by atoms with Crippen molar-refractivity contribution < 1.29 is 4.52 Å². The summed E-state index contributed by atoms with van der Waals surface area (Å²) in [5.74, 6) is 2.01. The third-order valence-corrected chi connectivity index (χ3v) is 4.99. The average Bonchev–Trinajstić information content (AvgIpc) is 3.01. The second kappa shape index (κ2) is 4.72. The first-order chi connectivity index (χ1) is 9.08. The van der Waals surface area contributed by atoms with Crippen LogP contribution >= 0.6 is 11.3 Å². The van der Waals surface area contributed by atoms with Crippen molar-refractivity contribution in [2.45, 2.75) is 45.1 Å². The van der Waals surface area contributed by atoms with Crippen LogP contribution in [0.25, 0.3) is 11.5 Å². The Kier molecular flexibility index (Phi) is 3.19. The van der Waals surface area contributed by atoms with E-state index in [-0.39, 0.29) is 0 Å². The van der Waals surface area contributed by atoms with Crippen LogP contribution in [0.3, 0.4) is 0 Å². The fourth-order valence-electron chi connectivity index (χ4n) is 2.62. The summed E-state index contributed by atoms with van der Waals surface area (Å²) in [5.41, 5.74) is 8.25. The Bertz CT molecular complexity index is 567. The molecule has 102 valence electrons. The van der Waals surface area contributed by atoms with Gasteiger partial charge in [0.15, 0.2) is 5.82 Å². The maximum absolute atomic E-state index is 6.46. The topological polar surface area (TPSA) is 64.9 Å². The number of hydrogen-bond acceptors (Lipinski definition) is 5. The highest BCUT2D eigenvalue weighted by molar-refractivity contribution is 7.08. The van der Waals surface area contributed by atoms with Crippen molar-refractivity contribution in [3.63, 3.8) is 0 Å². The summed E-state index contributed by atoms with van der Waals surface area (Å²) >= 11 is 1.65. The lowest BCUT2D eigenvalue weighted by molar-refractivity contribution is 0.230. The minimum atomic E-state index is -0.405. The molecule has 0 unspecified atom stereocenters. The van der Waals surface area contributed by atoms with Crippen molar-refractivity contribution in [1.82, 2.24) is 10.1 Å². The molecule has 2 heterocycles. The fourth-order valence-corrected chi connectivity index (χ4v) is 3.44. The van der Waals surface area contributed by atoms with Gasteiger partial charge in [-0.05, 0) is 49.5 Å². The molecule has 0 aromatic carbocycles. The van der Waals surface area contributed by atoms with Crippen LogP contribution in [0.5, 0.6) is 0 Å². The van der Waals surface area contributed by atoms with Crippen molar-refractivity contribution in [2.24, 2.45) is 11.7 Å². The number of nitrogens with two attached hydrogens (primary N) is 1. The number of aryl methyl sites for hydroxylation is 1. The molecule has 19 heavy (non-hydrogen) atoms. The van der Waals surface area contributed by atoms with Crippen LogP contribution < -0.4 is 5.73 Å². The van der Waals surface area contributed by atoms with Crippen molar-refractivity contribution in [3.05, 3.63) is 22.1 Å². The predicted octanol–water partition coefficient (Wildman–Crippen LogP) is 3.47. The normalized spacial score (nSPS) is 27.6. The van der Waals surface area contributed by atoms with E-state index < -0.39 is 5.54 Å². The molecule has 0 radical (unpaired) electrons. The molecule has 3 rings (SSSR count). The first kappa shape index (κ1) is 12.8. The molecule has 5 heteroatoms. The first-order valence-corrected chi connectivity index (χ1v) is 7.69. The summed E-state index contributed by atoms with van der Waals surface area (Å²) in [6, 6.07) is 0. The third-order valence-electron chi connectivity index (χ3n) is 4.12. The molecule has 1 aliphatic carbocycles. The Morgan fingerprint density at radius 2 is 2.11 bits per heavy atom. The van der Waals surface area contributed by atoms with Gasteiger partial charge in [-0.3, -0.25) is 0 Å². The molecule has 1 aliphatic rings. The van der Waals surface area contributed by atoms with Crippen LogP contribution in [-0.4, -0.2) is 10.1 Å². The number of aromatic nitrogens is 2. The molecule has 0 amide bonds. The minimum absolute atomic E-state index is 0.405. The van der Waals surface area contributed by atoms with Crippen LogP contribution in [-0.2, 0) is 5.54 Å². The van der Waals surface area contributed by atoms with Crippen molar-refractivity contribution in [3.8, 4) is 11.5 Å². The second-order valence-corrected chi connectivity index (χ2v) is 6.47. The van der Waals surface area contributed by atoms with Gasteiger partial charge in [0.1, 0.15) is 0 Å². The summed E-state index contributed by atoms with van der Waals surface area (Å²) in [6.45, 7) is 4.33. The summed E-state index contributed by atoms with van der Waals surface area (Å²) in [7, 11) is 0. The monoisotopic (exact) mass is 277 g/mol. The van der Waals surface area contributed by atoms with Gasteiger partial charge in [-0.2, -0.15) is 16.3 Å². The van der Waals surface area contributed by atoms with E-state index in [9.17, 15) is 0 Å². The standard InChI is InChI=1S/C14H19N3OS/c1-9-3-5-14(15,6-4-9)13-16-12(18-17-13)11-8-19-7-10(11)2/h7-9H,3-6,15H2,1-2H3. The van der Waals surface area contributed by atoms with Gasteiger partial charge in [0, 0.05) is 5.38 Å². The number of rotatable bonds is 2. The van der Waals surface area contributed by atoms with Crippen molar-refractivity contribution in [2.75, 3.05) is 0 Å². The highest BCUT2D eigenvalue weighted by Crippen LogP contribution is 2.37. The van der Waals surface area contributed by atoms with E-state index in [1.54, 1.807) is 11.3 Å². The van der Waals surface area contributed by atoms with E-state index in [1.807, 2.05) is 5.38 Å². The van der Waals surface area contributed by atoms with Gasteiger partial charge in [0.2, 0.25) is 0 Å². The van der Waals surface area contributed by atoms with Gasteiger partial charge in [0.05, 0.1) is 11.1 Å². The van der Waals surface area contributed by atoms with Gasteiger partial charge in [-0.1, -0.05) is 12.1 Å². The zero-order valence-electron chi connectivity index (χ0n) is 11.3. The molecule has 2 aromatic heterocycles. The highest BCUT2D eigenvalue weighted by Gasteiger charge is 2.36. The van der Waals surface area contributed by atoms with Crippen molar-refractivity contribution >= 4 is 11.3 Å². The number of thiophene rings is 1. The average molecular weight is 277 g/mol. The Labute approximate surface area is 117 Å². The van der Waals surface area contributed by atoms with Crippen LogP contribution in [0.1, 0.15) is 44.0 Å². The predicted molar refractivity (Wildman–Crippen MR) is 75.8 cm³/mol. The lowest BCUT2D eigenvalue weighted by atomic mass is 9.77. The van der Waals surface area contributed by atoms with Crippen LogP contribution in [0.4, 0.5) is 0 Å². The molecule has 2 N–H and O–H groups in total. The molecule has 0 saturated heterocycles. The molecule has 4 nitrogen and oxygen atoms in total. The molecule has 1 saturated carbocycles. The number of nitrogens with zero attached hydrogens (tertiary/aromatic N) is 2. The zero-order valence-corrected chi connectivity index (χ0v) is 12.2. The largest absolute Gasteiger partial charge is 0.334 e. The molecule has 2 aromatic rings. The lowest BCUT2D eigenvalue weighted by Gasteiger charge is -2.33. The third kappa shape index (κ3) is 2.32. The Balaban J connectivity index is 1.87. The molecular formula is C14H19N3OS.